The summed E-state index contributed by atoms with van der Waals surface area (Å²) in [5, 5.41) is 8.78. The Balaban J connectivity index is 2.18. The number of carbonyl (C=O) groups is 1. The Labute approximate surface area is 116 Å². The molecule has 0 aliphatic rings. The lowest BCUT2D eigenvalue weighted by atomic mass is 10.3. The van der Waals surface area contributed by atoms with Crippen molar-refractivity contribution in [3.05, 3.63) is 48.3 Å². The highest BCUT2D eigenvalue weighted by atomic mass is 19.4. The minimum atomic E-state index is -4.80. The number of ether oxygens (including phenoxy) is 2. The number of alkyl halides is 3. The zero-order valence-electron chi connectivity index (χ0n) is 10.3. The molecule has 8 heteroatoms. The third kappa shape index (κ3) is 4.37. The Hall–Kier alpha value is -2.77. The van der Waals surface area contributed by atoms with Crippen LogP contribution >= 0.6 is 0 Å². The Bertz CT molecular complexity index is 658. The van der Waals surface area contributed by atoms with Crippen LogP contribution in [0.3, 0.4) is 0 Å². The summed E-state index contributed by atoms with van der Waals surface area (Å²) in [6, 6.07) is 7.41. The van der Waals surface area contributed by atoms with Gasteiger partial charge in [-0.15, -0.1) is 13.2 Å². The molecule has 0 spiro atoms. The summed E-state index contributed by atoms with van der Waals surface area (Å²) >= 11 is 0. The second-order valence-electron chi connectivity index (χ2n) is 3.81. The normalized spacial score (nSPS) is 11.0. The van der Waals surface area contributed by atoms with E-state index in [9.17, 15) is 18.0 Å². The molecule has 0 saturated heterocycles. The molecule has 1 heterocycles. The second kappa shape index (κ2) is 5.70. The summed E-state index contributed by atoms with van der Waals surface area (Å²) in [5.41, 5.74) is -0.241. The number of nitrogens with zero attached hydrogens (tertiary/aromatic N) is 1. The van der Waals surface area contributed by atoms with Crippen LogP contribution in [0.4, 0.5) is 13.2 Å². The molecule has 2 aromatic rings. The van der Waals surface area contributed by atoms with Crippen molar-refractivity contribution in [3.8, 4) is 17.2 Å². The van der Waals surface area contributed by atoms with Crippen molar-refractivity contribution >= 4 is 5.97 Å². The molecule has 2 rings (SSSR count). The average Bonchev–Trinajstić information content (AvgIpc) is 2.37. The molecule has 0 bridgehead atoms. The molecular formula is C13H8F3NO4. The molecule has 0 unspecified atom stereocenters. The number of rotatable bonds is 4. The number of aromatic nitrogens is 1. The number of benzene rings is 1. The molecule has 0 aliphatic carbocycles. The Morgan fingerprint density at radius 1 is 1.10 bits per heavy atom. The Morgan fingerprint density at radius 2 is 1.76 bits per heavy atom. The molecule has 0 fully saturated rings. The fraction of sp³-hybridized carbons (Fsp3) is 0.0769. The van der Waals surface area contributed by atoms with Crippen LogP contribution in [0.1, 0.15) is 10.5 Å². The molecule has 1 aromatic heterocycles. The summed E-state index contributed by atoms with van der Waals surface area (Å²) in [6.07, 6.45) is -3.58. The predicted molar refractivity (Wildman–Crippen MR) is 64.4 cm³/mol. The highest BCUT2D eigenvalue weighted by molar-refractivity contribution is 5.85. The Kier molecular flexibility index (Phi) is 3.97. The zero-order valence-corrected chi connectivity index (χ0v) is 10.3. The SMILES string of the molecule is O=C(O)c1cc(Oc2cccc(OC(F)(F)F)c2)ccn1. The monoisotopic (exact) mass is 299 g/mol. The molecule has 1 N–H and O–H groups in total. The molecule has 0 radical (unpaired) electrons. The third-order valence-electron chi connectivity index (χ3n) is 2.23. The van der Waals surface area contributed by atoms with E-state index in [1.165, 1.54) is 24.4 Å². The van der Waals surface area contributed by atoms with Crippen LogP contribution in [0.25, 0.3) is 0 Å². The molecule has 0 atom stereocenters. The van der Waals surface area contributed by atoms with Crippen LogP contribution in [0, 0.1) is 0 Å². The molecule has 1 aromatic carbocycles. The van der Waals surface area contributed by atoms with Gasteiger partial charge in [0.15, 0.2) is 5.69 Å². The first-order chi connectivity index (χ1) is 9.83. The van der Waals surface area contributed by atoms with Gasteiger partial charge in [-0.3, -0.25) is 0 Å². The van der Waals surface area contributed by atoms with Crippen molar-refractivity contribution in [1.29, 1.82) is 0 Å². The lowest BCUT2D eigenvalue weighted by molar-refractivity contribution is -0.274. The van der Waals surface area contributed by atoms with Crippen LogP contribution in [0.15, 0.2) is 42.6 Å². The standard InChI is InChI=1S/C13H8F3NO4/c14-13(15,16)21-10-3-1-2-8(6-10)20-9-4-5-17-11(7-9)12(18)19/h1-7H,(H,18,19). The number of halogens is 3. The van der Waals surface area contributed by atoms with Gasteiger partial charge < -0.3 is 14.6 Å². The van der Waals surface area contributed by atoms with E-state index in [1.807, 2.05) is 0 Å². The first-order valence-electron chi connectivity index (χ1n) is 5.56. The van der Waals surface area contributed by atoms with Crippen molar-refractivity contribution < 1.29 is 32.5 Å². The van der Waals surface area contributed by atoms with E-state index in [1.54, 1.807) is 0 Å². The molecule has 0 amide bonds. The van der Waals surface area contributed by atoms with Crippen LogP contribution < -0.4 is 9.47 Å². The fourth-order valence-electron chi connectivity index (χ4n) is 1.46. The van der Waals surface area contributed by atoms with Crippen molar-refractivity contribution in [1.82, 2.24) is 4.98 Å². The van der Waals surface area contributed by atoms with Gasteiger partial charge in [-0.1, -0.05) is 6.07 Å². The second-order valence-corrected chi connectivity index (χ2v) is 3.81. The maximum Gasteiger partial charge on any atom is 0.573 e. The van der Waals surface area contributed by atoms with Gasteiger partial charge in [0.1, 0.15) is 17.2 Å². The van der Waals surface area contributed by atoms with Crippen molar-refractivity contribution in [2.24, 2.45) is 0 Å². The molecule has 0 saturated carbocycles. The largest absolute Gasteiger partial charge is 0.573 e. The number of hydrogen-bond donors (Lipinski definition) is 1. The van der Waals surface area contributed by atoms with Crippen molar-refractivity contribution in [2.75, 3.05) is 0 Å². The van der Waals surface area contributed by atoms with E-state index < -0.39 is 18.1 Å². The van der Waals surface area contributed by atoms with E-state index in [2.05, 4.69) is 9.72 Å². The topological polar surface area (TPSA) is 68.7 Å². The van der Waals surface area contributed by atoms with E-state index in [0.717, 1.165) is 18.2 Å². The van der Waals surface area contributed by atoms with Gasteiger partial charge in [0.25, 0.3) is 0 Å². The highest BCUT2D eigenvalue weighted by Crippen LogP contribution is 2.28. The van der Waals surface area contributed by atoms with Crippen LogP contribution in [-0.2, 0) is 0 Å². The van der Waals surface area contributed by atoms with Gasteiger partial charge in [0.2, 0.25) is 0 Å². The maximum absolute atomic E-state index is 12.1. The quantitative estimate of drug-likeness (QED) is 0.936. The summed E-state index contributed by atoms with van der Waals surface area (Å²) in [7, 11) is 0. The Morgan fingerprint density at radius 3 is 2.43 bits per heavy atom. The molecule has 21 heavy (non-hydrogen) atoms. The maximum atomic E-state index is 12.1. The van der Waals surface area contributed by atoms with Crippen molar-refractivity contribution in [3.63, 3.8) is 0 Å². The minimum absolute atomic E-state index is 0.0688. The summed E-state index contributed by atoms with van der Waals surface area (Å²) in [5.74, 6) is -1.48. The average molecular weight is 299 g/mol. The van der Waals surface area contributed by atoms with Crippen molar-refractivity contribution in [2.45, 2.75) is 6.36 Å². The minimum Gasteiger partial charge on any atom is -0.477 e. The van der Waals surface area contributed by atoms with Gasteiger partial charge in [-0.25, -0.2) is 9.78 Å². The molecular weight excluding hydrogens is 291 g/mol. The number of hydrogen-bond acceptors (Lipinski definition) is 4. The highest BCUT2D eigenvalue weighted by Gasteiger charge is 2.31. The lowest BCUT2D eigenvalue weighted by Gasteiger charge is -2.10. The lowest BCUT2D eigenvalue weighted by Crippen LogP contribution is -2.17. The van der Waals surface area contributed by atoms with Gasteiger partial charge in [-0.2, -0.15) is 0 Å². The van der Waals surface area contributed by atoms with E-state index >= 15 is 0 Å². The summed E-state index contributed by atoms with van der Waals surface area (Å²) in [4.78, 5) is 14.3. The van der Waals surface area contributed by atoms with Gasteiger partial charge >= 0.3 is 12.3 Å². The van der Waals surface area contributed by atoms with Gasteiger partial charge in [0.05, 0.1) is 0 Å². The van der Waals surface area contributed by atoms with E-state index in [4.69, 9.17) is 9.84 Å². The van der Waals surface area contributed by atoms with Crippen LogP contribution in [0.5, 0.6) is 17.2 Å². The summed E-state index contributed by atoms with van der Waals surface area (Å²) in [6.45, 7) is 0. The first kappa shape index (κ1) is 14.6. The summed E-state index contributed by atoms with van der Waals surface area (Å²) < 4.78 is 45.3. The number of pyridine rings is 1. The van der Waals surface area contributed by atoms with E-state index in [-0.39, 0.29) is 17.2 Å². The third-order valence-corrected chi connectivity index (χ3v) is 2.23. The van der Waals surface area contributed by atoms with Gasteiger partial charge in [-0.05, 0) is 18.2 Å². The smallest absolute Gasteiger partial charge is 0.477 e. The van der Waals surface area contributed by atoms with Crippen LogP contribution in [0.2, 0.25) is 0 Å². The number of carboxylic acid groups (broad SMARTS) is 1. The molecule has 5 nitrogen and oxygen atoms in total. The van der Waals surface area contributed by atoms with E-state index in [0.29, 0.717) is 0 Å². The first-order valence-corrected chi connectivity index (χ1v) is 5.56. The predicted octanol–water partition coefficient (Wildman–Crippen LogP) is 3.47. The fourth-order valence-corrected chi connectivity index (χ4v) is 1.46. The molecule has 110 valence electrons. The molecule has 0 aliphatic heterocycles. The van der Waals surface area contributed by atoms with Gasteiger partial charge in [0, 0.05) is 18.3 Å². The number of carboxylic acids is 1. The van der Waals surface area contributed by atoms with Crippen LogP contribution in [-0.4, -0.2) is 22.4 Å². The zero-order chi connectivity index (χ0) is 15.5. The number of aromatic carboxylic acids is 1.